The van der Waals surface area contributed by atoms with Gasteiger partial charge in [-0.15, -0.1) is 0 Å². The van der Waals surface area contributed by atoms with Crippen molar-refractivity contribution < 1.29 is 10.0 Å². The zero-order valence-electron chi connectivity index (χ0n) is 8.74. The zero-order valence-corrected chi connectivity index (χ0v) is 9.55. The average molecular weight is 250 g/mol. The predicted octanol–water partition coefficient (Wildman–Crippen LogP) is 2.41. The molecular formula is C11H10N2O3S. The molecule has 2 rings (SSSR count). The van der Waals surface area contributed by atoms with Crippen LogP contribution in [0.25, 0.3) is 0 Å². The first-order chi connectivity index (χ1) is 8.09. The first kappa shape index (κ1) is 11.6. The molecule has 0 spiro atoms. The third-order valence-electron chi connectivity index (χ3n) is 2.46. The molecule has 17 heavy (non-hydrogen) atoms. The lowest BCUT2D eigenvalue weighted by atomic mass is 10.0. The van der Waals surface area contributed by atoms with Gasteiger partial charge in [0.2, 0.25) is 0 Å². The maximum absolute atomic E-state index is 10.7. The number of nitro groups is 1. The fraction of sp³-hybridized carbons (Fsp3) is 0.0909. The van der Waals surface area contributed by atoms with E-state index in [1.807, 2.05) is 16.8 Å². The highest BCUT2D eigenvalue weighted by atomic mass is 32.1. The van der Waals surface area contributed by atoms with Gasteiger partial charge in [-0.25, -0.2) is 0 Å². The number of hydrogen-bond acceptors (Lipinski definition) is 5. The fourth-order valence-electron chi connectivity index (χ4n) is 1.52. The van der Waals surface area contributed by atoms with Gasteiger partial charge in [0.15, 0.2) is 5.75 Å². The number of benzene rings is 1. The Morgan fingerprint density at radius 3 is 2.71 bits per heavy atom. The van der Waals surface area contributed by atoms with Gasteiger partial charge < -0.3 is 10.8 Å². The van der Waals surface area contributed by atoms with Gasteiger partial charge in [0.1, 0.15) is 0 Å². The summed E-state index contributed by atoms with van der Waals surface area (Å²) in [6.07, 6.45) is 0. The van der Waals surface area contributed by atoms with Gasteiger partial charge in [0, 0.05) is 6.07 Å². The number of phenols is 1. The minimum absolute atomic E-state index is 0.326. The molecule has 1 heterocycles. The third-order valence-corrected chi connectivity index (χ3v) is 3.16. The fourth-order valence-corrected chi connectivity index (χ4v) is 2.22. The van der Waals surface area contributed by atoms with E-state index in [2.05, 4.69) is 0 Å². The number of rotatable bonds is 3. The first-order valence-corrected chi connectivity index (χ1v) is 5.79. The van der Waals surface area contributed by atoms with Crippen LogP contribution in [0.15, 0.2) is 35.0 Å². The van der Waals surface area contributed by atoms with Crippen molar-refractivity contribution in [2.24, 2.45) is 5.73 Å². The van der Waals surface area contributed by atoms with E-state index in [9.17, 15) is 15.2 Å². The van der Waals surface area contributed by atoms with Crippen LogP contribution in [0.5, 0.6) is 5.75 Å². The van der Waals surface area contributed by atoms with Crippen LogP contribution in [-0.2, 0) is 0 Å². The SMILES string of the molecule is N[C@H](c1ccsc1)c1ccc(O)c([N+](=O)[O-])c1. The summed E-state index contributed by atoms with van der Waals surface area (Å²) in [6, 6.07) is 5.64. The lowest BCUT2D eigenvalue weighted by Crippen LogP contribution is -2.11. The van der Waals surface area contributed by atoms with Crippen molar-refractivity contribution in [3.8, 4) is 5.75 Å². The lowest BCUT2D eigenvalue weighted by molar-refractivity contribution is -0.385. The molecule has 0 fully saturated rings. The smallest absolute Gasteiger partial charge is 0.311 e. The maximum atomic E-state index is 10.7. The second-order valence-electron chi connectivity index (χ2n) is 3.54. The highest BCUT2D eigenvalue weighted by molar-refractivity contribution is 7.08. The minimum atomic E-state index is -0.626. The molecule has 1 aromatic heterocycles. The van der Waals surface area contributed by atoms with Gasteiger partial charge in [0.25, 0.3) is 0 Å². The number of aromatic hydroxyl groups is 1. The number of nitrogens with zero attached hydrogens (tertiary/aromatic N) is 1. The molecule has 0 aliphatic carbocycles. The van der Waals surface area contributed by atoms with Crippen molar-refractivity contribution in [3.05, 3.63) is 56.3 Å². The van der Waals surface area contributed by atoms with E-state index in [1.54, 1.807) is 6.07 Å². The largest absolute Gasteiger partial charge is 0.502 e. The van der Waals surface area contributed by atoms with Gasteiger partial charge in [-0.3, -0.25) is 10.1 Å². The van der Waals surface area contributed by atoms with Crippen LogP contribution in [0.2, 0.25) is 0 Å². The highest BCUT2D eigenvalue weighted by Crippen LogP contribution is 2.30. The van der Waals surface area contributed by atoms with E-state index < -0.39 is 11.0 Å². The van der Waals surface area contributed by atoms with E-state index in [0.717, 1.165) is 5.56 Å². The number of hydrogen-bond donors (Lipinski definition) is 2. The van der Waals surface area contributed by atoms with E-state index in [0.29, 0.717) is 5.56 Å². The molecule has 6 heteroatoms. The Morgan fingerprint density at radius 1 is 1.35 bits per heavy atom. The topological polar surface area (TPSA) is 89.4 Å². The Bertz CT molecular complexity index is 540. The monoisotopic (exact) mass is 250 g/mol. The van der Waals surface area contributed by atoms with E-state index >= 15 is 0 Å². The number of nitro benzene ring substituents is 1. The van der Waals surface area contributed by atoms with Gasteiger partial charge in [-0.1, -0.05) is 6.07 Å². The summed E-state index contributed by atoms with van der Waals surface area (Å²) in [6.45, 7) is 0. The van der Waals surface area contributed by atoms with Crippen LogP contribution >= 0.6 is 11.3 Å². The average Bonchev–Trinajstić information content (AvgIpc) is 2.81. The van der Waals surface area contributed by atoms with Crippen molar-refractivity contribution in [2.75, 3.05) is 0 Å². The molecule has 0 radical (unpaired) electrons. The Hall–Kier alpha value is -1.92. The van der Waals surface area contributed by atoms with E-state index in [-0.39, 0.29) is 11.4 Å². The molecule has 0 aliphatic rings. The van der Waals surface area contributed by atoms with Gasteiger partial charge >= 0.3 is 5.69 Å². The summed E-state index contributed by atoms with van der Waals surface area (Å²) in [5, 5.41) is 23.8. The van der Waals surface area contributed by atoms with Crippen LogP contribution < -0.4 is 5.73 Å². The van der Waals surface area contributed by atoms with Crippen molar-refractivity contribution in [2.45, 2.75) is 6.04 Å². The summed E-state index contributed by atoms with van der Waals surface area (Å²) in [5.41, 5.74) is 7.16. The van der Waals surface area contributed by atoms with Crippen molar-refractivity contribution >= 4 is 17.0 Å². The molecule has 0 aliphatic heterocycles. The molecule has 0 bridgehead atoms. The van der Waals surface area contributed by atoms with E-state index in [1.165, 1.54) is 23.5 Å². The second kappa shape index (κ2) is 4.52. The van der Waals surface area contributed by atoms with Crippen LogP contribution in [0.4, 0.5) is 5.69 Å². The van der Waals surface area contributed by atoms with Crippen LogP contribution in [0.1, 0.15) is 17.2 Å². The quantitative estimate of drug-likeness (QED) is 0.646. The van der Waals surface area contributed by atoms with Crippen LogP contribution in [0, 0.1) is 10.1 Å². The number of nitrogens with two attached hydrogens (primary N) is 1. The van der Waals surface area contributed by atoms with E-state index in [4.69, 9.17) is 5.73 Å². The summed E-state index contributed by atoms with van der Waals surface area (Å²) in [5.74, 6) is -0.351. The molecular weight excluding hydrogens is 240 g/mol. The maximum Gasteiger partial charge on any atom is 0.311 e. The van der Waals surface area contributed by atoms with Gasteiger partial charge in [-0.2, -0.15) is 11.3 Å². The molecule has 88 valence electrons. The standard InChI is InChI=1S/C11H10N2O3S/c12-11(8-3-4-17-6-8)7-1-2-10(14)9(5-7)13(15)16/h1-6,11,14H,12H2/t11-/m0/s1. The van der Waals surface area contributed by atoms with Crippen molar-refractivity contribution in [1.82, 2.24) is 0 Å². The molecule has 0 unspecified atom stereocenters. The number of thiophene rings is 1. The molecule has 2 aromatic rings. The van der Waals surface area contributed by atoms with Gasteiger partial charge in [-0.05, 0) is 34.0 Å². The third kappa shape index (κ3) is 2.27. The van der Waals surface area contributed by atoms with Gasteiger partial charge in [0.05, 0.1) is 11.0 Å². The molecule has 0 saturated heterocycles. The Balaban J connectivity index is 2.40. The molecule has 0 amide bonds. The summed E-state index contributed by atoms with van der Waals surface area (Å²) < 4.78 is 0. The molecule has 1 atom stereocenters. The highest BCUT2D eigenvalue weighted by Gasteiger charge is 2.17. The normalized spacial score (nSPS) is 12.3. The zero-order chi connectivity index (χ0) is 12.4. The van der Waals surface area contributed by atoms with Crippen LogP contribution in [-0.4, -0.2) is 10.0 Å². The first-order valence-electron chi connectivity index (χ1n) is 4.84. The Kier molecular flexibility index (Phi) is 3.08. The van der Waals surface area contributed by atoms with Crippen LogP contribution in [0.3, 0.4) is 0 Å². The summed E-state index contributed by atoms with van der Waals surface area (Å²) in [7, 11) is 0. The van der Waals surface area contributed by atoms with Crippen molar-refractivity contribution in [3.63, 3.8) is 0 Å². The Labute approximate surface area is 101 Å². The molecule has 0 saturated carbocycles. The molecule has 5 nitrogen and oxygen atoms in total. The lowest BCUT2D eigenvalue weighted by Gasteiger charge is -2.10. The summed E-state index contributed by atoms with van der Waals surface area (Å²) in [4.78, 5) is 10.1. The van der Waals surface area contributed by atoms with Crippen molar-refractivity contribution in [1.29, 1.82) is 0 Å². The molecule has 1 aromatic carbocycles. The second-order valence-corrected chi connectivity index (χ2v) is 4.32. The molecule has 3 N–H and O–H groups in total. The number of phenolic OH excluding ortho intramolecular Hbond substituents is 1. The summed E-state index contributed by atoms with van der Waals surface area (Å²) >= 11 is 1.51. The minimum Gasteiger partial charge on any atom is -0.502 e. The predicted molar refractivity (Wildman–Crippen MR) is 65.1 cm³/mol. The Morgan fingerprint density at radius 2 is 2.12 bits per heavy atom.